The van der Waals surface area contributed by atoms with Gasteiger partial charge in [0.15, 0.2) is 5.82 Å². The van der Waals surface area contributed by atoms with Crippen LogP contribution in [0.1, 0.15) is 25.0 Å². The zero-order valence-corrected chi connectivity index (χ0v) is 13.7. The SMILES string of the molecule is CCc1nc2n(n1)C[C@@H](NCC[S@@](=O)c1ccccc1)CC2. The Morgan fingerprint density at radius 3 is 2.95 bits per heavy atom. The first-order valence-corrected chi connectivity index (χ1v) is 9.17. The molecular weight excluding hydrogens is 296 g/mol. The van der Waals surface area contributed by atoms with E-state index in [9.17, 15) is 4.21 Å². The van der Waals surface area contributed by atoms with Crippen molar-refractivity contribution in [2.45, 2.75) is 43.7 Å². The van der Waals surface area contributed by atoms with Gasteiger partial charge in [0, 0.05) is 36.1 Å². The van der Waals surface area contributed by atoms with E-state index in [2.05, 4.69) is 22.3 Å². The Bertz CT molecular complexity index is 641. The Labute approximate surface area is 133 Å². The van der Waals surface area contributed by atoms with Gasteiger partial charge in [-0.05, 0) is 18.6 Å². The molecule has 1 aliphatic heterocycles. The van der Waals surface area contributed by atoms with Gasteiger partial charge in [0.2, 0.25) is 0 Å². The van der Waals surface area contributed by atoms with Crippen molar-refractivity contribution in [1.29, 1.82) is 0 Å². The van der Waals surface area contributed by atoms with Gasteiger partial charge in [0.1, 0.15) is 5.82 Å². The maximum atomic E-state index is 12.2. The summed E-state index contributed by atoms with van der Waals surface area (Å²) in [5, 5.41) is 8.02. The number of nitrogens with zero attached hydrogens (tertiary/aromatic N) is 3. The van der Waals surface area contributed by atoms with Gasteiger partial charge in [-0.3, -0.25) is 4.21 Å². The van der Waals surface area contributed by atoms with E-state index in [4.69, 9.17) is 0 Å². The Morgan fingerprint density at radius 1 is 1.36 bits per heavy atom. The number of hydrogen-bond donors (Lipinski definition) is 1. The van der Waals surface area contributed by atoms with Crippen molar-refractivity contribution < 1.29 is 4.21 Å². The van der Waals surface area contributed by atoms with E-state index in [1.165, 1.54) is 0 Å². The van der Waals surface area contributed by atoms with Gasteiger partial charge in [-0.15, -0.1) is 0 Å². The van der Waals surface area contributed by atoms with E-state index < -0.39 is 10.8 Å². The van der Waals surface area contributed by atoms with Crippen LogP contribution in [-0.2, 0) is 30.2 Å². The second kappa shape index (κ2) is 7.15. The van der Waals surface area contributed by atoms with Gasteiger partial charge in [-0.1, -0.05) is 25.1 Å². The smallest absolute Gasteiger partial charge is 0.150 e. The first-order valence-electron chi connectivity index (χ1n) is 7.85. The molecule has 2 atom stereocenters. The van der Waals surface area contributed by atoms with Crippen LogP contribution in [0.25, 0.3) is 0 Å². The van der Waals surface area contributed by atoms with Gasteiger partial charge in [-0.25, -0.2) is 9.67 Å². The van der Waals surface area contributed by atoms with Gasteiger partial charge in [0.25, 0.3) is 0 Å². The van der Waals surface area contributed by atoms with Crippen molar-refractivity contribution >= 4 is 10.8 Å². The molecule has 0 fully saturated rings. The zero-order chi connectivity index (χ0) is 15.4. The molecule has 2 heterocycles. The second-order valence-electron chi connectivity index (χ2n) is 5.53. The van der Waals surface area contributed by atoms with Crippen LogP contribution in [0.4, 0.5) is 0 Å². The third kappa shape index (κ3) is 3.62. The lowest BCUT2D eigenvalue weighted by Gasteiger charge is -2.23. The minimum absolute atomic E-state index is 0.395. The Kier molecular flexibility index (Phi) is 5.00. The largest absolute Gasteiger partial charge is 0.311 e. The van der Waals surface area contributed by atoms with Crippen molar-refractivity contribution in [1.82, 2.24) is 20.1 Å². The first kappa shape index (κ1) is 15.4. The first-order chi connectivity index (χ1) is 10.8. The Morgan fingerprint density at radius 2 is 2.18 bits per heavy atom. The van der Waals surface area contributed by atoms with Gasteiger partial charge < -0.3 is 5.32 Å². The van der Waals surface area contributed by atoms with Gasteiger partial charge >= 0.3 is 0 Å². The third-order valence-corrected chi connectivity index (χ3v) is 5.32. The predicted octanol–water partition coefficient (Wildman–Crippen LogP) is 1.55. The van der Waals surface area contributed by atoms with E-state index in [0.717, 1.165) is 48.9 Å². The molecule has 0 saturated carbocycles. The molecule has 3 rings (SSSR count). The average Bonchev–Trinajstić information content (AvgIpc) is 2.98. The highest BCUT2D eigenvalue weighted by Gasteiger charge is 2.20. The number of aromatic nitrogens is 3. The summed E-state index contributed by atoms with van der Waals surface area (Å²) in [5.41, 5.74) is 0. The van der Waals surface area contributed by atoms with Crippen LogP contribution in [0.2, 0.25) is 0 Å². The summed E-state index contributed by atoms with van der Waals surface area (Å²) in [6.45, 7) is 3.70. The molecule has 0 aliphatic carbocycles. The number of fused-ring (bicyclic) bond motifs is 1. The monoisotopic (exact) mass is 318 g/mol. The number of rotatable bonds is 6. The molecule has 1 N–H and O–H groups in total. The van der Waals surface area contributed by atoms with Gasteiger partial charge in [-0.2, -0.15) is 5.10 Å². The molecule has 0 amide bonds. The Balaban J connectivity index is 1.48. The quantitative estimate of drug-likeness (QED) is 0.878. The molecule has 0 radical (unpaired) electrons. The number of benzene rings is 1. The molecular formula is C16H22N4OS. The topological polar surface area (TPSA) is 59.8 Å². The van der Waals surface area contributed by atoms with E-state index in [1.807, 2.05) is 35.0 Å². The number of nitrogens with one attached hydrogen (secondary N) is 1. The highest BCUT2D eigenvalue weighted by Crippen LogP contribution is 2.13. The van der Waals surface area contributed by atoms with Crippen LogP contribution in [0.3, 0.4) is 0 Å². The van der Waals surface area contributed by atoms with Crippen molar-refractivity contribution in [3.05, 3.63) is 42.0 Å². The second-order valence-corrected chi connectivity index (χ2v) is 7.10. The molecule has 22 heavy (non-hydrogen) atoms. The summed E-state index contributed by atoms with van der Waals surface area (Å²) < 4.78 is 14.2. The van der Waals surface area contributed by atoms with Crippen LogP contribution >= 0.6 is 0 Å². The van der Waals surface area contributed by atoms with Crippen LogP contribution in [-0.4, -0.2) is 37.3 Å². The molecule has 0 unspecified atom stereocenters. The molecule has 0 bridgehead atoms. The highest BCUT2D eigenvalue weighted by molar-refractivity contribution is 7.85. The van der Waals surface area contributed by atoms with Crippen molar-refractivity contribution in [2.24, 2.45) is 0 Å². The number of aryl methyl sites for hydroxylation is 2. The molecule has 1 aromatic heterocycles. The lowest BCUT2D eigenvalue weighted by Crippen LogP contribution is -2.39. The molecule has 2 aromatic rings. The lowest BCUT2D eigenvalue weighted by molar-refractivity contribution is 0.365. The standard InChI is InChI=1S/C16H22N4OS/c1-2-15-18-16-9-8-13(12-20(16)19-15)17-10-11-22(21)14-6-4-3-5-7-14/h3-7,13,17H,2,8-12H2,1H3/t13-,22+/m0/s1. The van der Waals surface area contributed by atoms with Crippen molar-refractivity contribution in [2.75, 3.05) is 12.3 Å². The summed E-state index contributed by atoms with van der Waals surface area (Å²) in [6, 6.07) is 10.0. The summed E-state index contributed by atoms with van der Waals surface area (Å²) in [5.74, 6) is 2.67. The molecule has 0 spiro atoms. The zero-order valence-electron chi connectivity index (χ0n) is 12.9. The van der Waals surface area contributed by atoms with Crippen molar-refractivity contribution in [3.8, 4) is 0 Å². The number of hydrogen-bond acceptors (Lipinski definition) is 4. The summed E-state index contributed by atoms with van der Waals surface area (Å²) in [4.78, 5) is 5.43. The fourth-order valence-electron chi connectivity index (χ4n) is 2.72. The molecule has 0 saturated heterocycles. The lowest BCUT2D eigenvalue weighted by atomic mass is 10.1. The normalized spacial score (nSPS) is 18.9. The summed E-state index contributed by atoms with van der Waals surface area (Å²) in [6.07, 6.45) is 2.92. The van der Waals surface area contributed by atoms with Crippen LogP contribution in [0.5, 0.6) is 0 Å². The fraction of sp³-hybridized carbons (Fsp3) is 0.500. The maximum Gasteiger partial charge on any atom is 0.150 e. The van der Waals surface area contributed by atoms with E-state index >= 15 is 0 Å². The minimum Gasteiger partial charge on any atom is -0.311 e. The van der Waals surface area contributed by atoms with Crippen LogP contribution in [0, 0.1) is 0 Å². The minimum atomic E-state index is -0.927. The molecule has 118 valence electrons. The third-order valence-electron chi connectivity index (χ3n) is 3.94. The van der Waals surface area contributed by atoms with E-state index in [-0.39, 0.29) is 0 Å². The Hall–Kier alpha value is -1.53. The maximum absolute atomic E-state index is 12.2. The van der Waals surface area contributed by atoms with Crippen LogP contribution < -0.4 is 5.32 Å². The highest BCUT2D eigenvalue weighted by atomic mass is 32.2. The average molecular weight is 318 g/mol. The summed E-state index contributed by atoms with van der Waals surface area (Å²) >= 11 is 0. The molecule has 1 aliphatic rings. The molecule has 6 heteroatoms. The molecule has 5 nitrogen and oxygen atoms in total. The fourth-order valence-corrected chi connectivity index (χ4v) is 3.72. The predicted molar refractivity (Wildman–Crippen MR) is 87.2 cm³/mol. The van der Waals surface area contributed by atoms with E-state index in [0.29, 0.717) is 11.8 Å². The van der Waals surface area contributed by atoms with E-state index in [1.54, 1.807) is 0 Å². The summed E-state index contributed by atoms with van der Waals surface area (Å²) in [7, 11) is -0.927. The molecule has 1 aromatic carbocycles. The van der Waals surface area contributed by atoms with Crippen molar-refractivity contribution in [3.63, 3.8) is 0 Å². The van der Waals surface area contributed by atoms with Crippen LogP contribution in [0.15, 0.2) is 35.2 Å². The van der Waals surface area contributed by atoms with Gasteiger partial charge in [0.05, 0.1) is 17.3 Å².